The Morgan fingerprint density at radius 1 is 1.35 bits per heavy atom. The molecule has 1 unspecified atom stereocenters. The van der Waals surface area contributed by atoms with Gasteiger partial charge in [0.1, 0.15) is 0 Å². The van der Waals surface area contributed by atoms with Crippen LogP contribution in [0.5, 0.6) is 11.5 Å². The van der Waals surface area contributed by atoms with Crippen LogP contribution in [0.3, 0.4) is 0 Å². The summed E-state index contributed by atoms with van der Waals surface area (Å²) in [4.78, 5) is 14.1. The molecule has 0 bridgehead atoms. The molecule has 4 rings (SSSR count). The predicted molar refractivity (Wildman–Crippen MR) is 102 cm³/mol. The molecule has 0 fully saturated rings. The van der Waals surface area contributed by atoms with Crippen molar-refractivity contribution >= 4 is 29.2 Å². The first-order valence-electron chi connectivity index (χ1n) is 8.28. The van der Waals surface area contributed by atoms with Crippen LogP contribution >= 0.6 is 11.8 Å². The van der Waals surface area contributed by atoms with Gasteiger partial charge in [-0.3, -0.25) is 10.1 Å². The van der Waals surface area contributed by atoms with Gasteiger partial charge in [0.25, 0.3) is 10.7 Å². The number of benzene rings is 2. The van der Waals surface area contributed by atoms with Crippen molar-refractivity contribution in [3.8, 4) is 11.5 Å². The lowest BCUT2D eigenvalue weighted by Gasteiger charge is -2.41. The minimum absolute atomic E-state index is 0.0115. The lowest BCUT2D eigenvalue weighted by molar-refractivity contribution is -0.385. The molecule has 0 aromatic heterocycles. The second-order valence-electron chi connectivity index (χ2n) is 6.16. The van der Waals surface area contributed by atoms with Crippen LogP contribution in [-0.4, -0.2) is 24.1 Å². The number of hydrogen-bond donors (Lipinski definition) is 0. The Kier molecular flexibility index (Phi) is 3.84. The highest BCUT2D eigenvalue weighted by Crippen LogP contribution is 2.57. The molecule has 134 valence electrons. The summed E-state index contributed by atoms with van der Waals surface area (Å²) in [6, 6.07) is 11.1. The number of para-hydroxylation sites is 1. The van der Waals surface area contributed by atoms with E-state index in [0.717, 1.165) is 22.6 Å². The molecule has 1 spiro atoms. The Labute approximate surface area is 155 Å². The van der Waals surface area contributed by atoms with E-state index in [1.54, 1.807) is 11.8 Å². The van der Waals surface area contributed by atoms with Crippen LogP contribution in [0.4, 0.5) is 11.4 Å². The maximum Gasteiger partial charge on any atom is 0.274 e. The van der Waals surface area contributed by atoms with Crippen LogP contribution in [0.2, 0.25) is 0 Å². The van der Waals surface area contributed by atoms with E-state index >= 15 is 0 Å². The van der Waals surface area contributed by atoms with Crippen molar-refractivity contribution < 1.29 is 14.4 Å². The number of non-ortho nitro benzene ring substituents is 1. The van der Waals surface area contributed by atoms with Crippen molar-refractivity contribution in [3.63, 3.8) is 0 Å². The molecule has 0 N–H and O–H groups in total. The summed E-state index contributed by atoms with van der Waals surface area (Å²) in [5, 5.41) is 10.5. The number of anilines is 1. The van der Waals surface area contributed by atoms with E-state index in [2.05, 4.69) is 24.0 Å². The highest BCUT2D eigenvalue weighted by Gasteiger charge is 2.50. The number of methoxy groups -OCH3 is 1. The molecule has 2 aromatic rings. The van der Waals surface area contributed by atoms with Gasteiger partial charge < -0.3 is 14.4 Å². The van der Waals surface area contributed by atoms with Gasteiger partial charge in [0, 0.05) is 29.1 Å². The first kappa shape index (κ1) is 16.8. The lowest BCUT2D eigenvalue weighted by Crippen LogP contribution is -2.48. The number of likely N-dealkylation sites (N-methyl/N-ethyl adjacent to an activating group) is 1. The number of fused-ring (bicyclic) bond motifs is 2. The zero-order valence-corrected chi connectivity index (χ0v) is 15.5. The zero-order chi connectivity index (χ0) is 18.5. The van der Waals surface area contributed by atoms with Gasteiger partial charge in [-0.15, -0.1) is 0 Å². The van der Waals surface area contributed by atoms with Gasteiger partial charge in [0.05, 0.1) is 23.8 Å². The van der Waals surface area contributed by atoms with E-state index in [1.807, 2.05) is 25.3 Å². The minimum Gasteiger partial charge on any atom is -0.493 e. The molecule has 2 aliphatic rings. The average molecular weight is 370 g/mol. The Hall–Kier alpha value is -2.67. The number of rotatable bonds is 3. The van der Waals surface area contributed by atoms with Crippen molar-refractivity contribution in [2.24, 2.45) is 0 Å². The van der Waals surface area contributed by atoms with Crippen LogP contribution in [0.25, 0.3) is 6.08 Å². The molecule has 7 heteroatoms. The van der Waals surface area contributed by atoms with Gasteiger partial charge in [-0.25, -0.2) is 0 Å². The first-order chi connectivity index (χ1) is 12.5. The molecule has 2 aromatic carbocycles. The van der Waals surface area contributed by atoms with Crippen molar-refractivity contribution in [1.82, 2.24) is 0 Å². The quantitative estimate of drug-likeness (QED) is 0.577. The molecule has 26 heavy (non-hydrogen) atoms. The third-order valence-electron chi connectivity index (χ3n) is 4.77. The minimum atomic E-state index is -0.713. The van der Waals surface area contributed by atoms with E-state index in [4.69, 9.17) is 9.47 Å². The van der Waals surface area contributed by atoms with Crippen LogP contribution in [0.1, 0.15) is 18.9 Å². The van der Waals surface area contributed by atoms with Crippen LogP contribution in [0, 0.1) is 10.1 Å². The van der Waals surface area contributed by atoms with Crippen LogP contribution < -0.4 is 14.4 Å². The molecule has 0 aliphatic carbocycles. The smallest absolute Gasteiger partial charge is 0.274 e. The fourth-order valence-electron chi connectivity index (χ4n) is 3.46. The fraction of sp³-hybridized carbons (Fsp3) is 0.263. The van der Waals surface area contributed by atoms with E-state index in [1.165, 1.54) is 19.2 Å². The maximum atomic E-state index is 11.2. The largest absolute Gasteiger partial charge is 0.493 e. The molecule has 6 nitrogen and oxygen atoms in total. The van der Waals surface area contributed by atoms with E-state index in [-0.39, 0.29) is 5.69 Å². The van der Waals surface area contributed by atoms with Crippen molar-refractivity contribution in [2.75, 3.05) is 19.1 Å². The van der Waals surface area contributed by atoms with Crippen molar-refractivity contribution in [3.05, 3.63) is 57.6 Å². The summed E-state index contributed by atoms with van der Waals surface area (Å²) in [5.74, 6) is 0.896. The molecule has 0 saturated carbocycles. The van der Waals surface area contributed by atoms with Gasteiger partial charge in [0.15, 0.2) is 11.5 Å². The standard InChI is InChI=1S/C19H18N2O4S/c1-4-13-9-12-10-14(21(22)23)11-16(24-3)18(12)25-19(13)20(2)15-7-5-6-8-17(15)26-19/h5-11H,4H2,1-3H3. The van der Waals surface area contributed by atoms with Gasteiger partial charge in [0.2, 0.25) is 0 Å². The molecule has 2 aliphatic heterocycles. The summed E-state index contributed by atoms with van der Waals surface area (Å²) in [5.41, 5.74) is 2.81. The van der Waals surface area contributed by atoms with Gasteiger partial charge in [-0.05, 0) is 36.4 Å². The Morgan fingerprint density at radius 3 is 2.77 bits per heavy atom. The topological polar surface area (TPSA) is 64.8 Å². The number of ether oxygens (including phenoxy) is 2. The third kappa shape index (κ3) is 2.27. The second kappa shape index (κ2) is 5.95. The van der Waals surface area contributed by atoms with Gasteiger partial charge >= 0.3 is 0 Å². The van der Waals surface area contributed by atoms with Crippen molar-refractivity contribution in [1.29, 1.82) is 0 Å². The summed E-state index contributed by atoms with van der Waals surface area (Å²) in [6.07, 6.45) is 2.75. The SMILES string of the molecule is CCC1=Cc2cc([N+](=O)[O-])cc(OC)c2OC12Sc1ccccc1N2C. The highest BCUT2D eigenvalue weighted by molar-refractivity contribution is 8.01. The summed E-state index contributed by atoms with van der Waals surface area (Å²) in [6.45, 7) is 2.06. The predicted octanol–water partition coefficient (Wildman–Crippen LogP) is 4.69. The number of nitro benzene ring substituents is 1. The molecular formula is C19H18N2O4S. The van der Waals surface area contributed by atoms with E-state index in [0.29, 0.717) is 17.1 Å². The Morgan fingerprint density at radius 2 is 2.12 bits per heavy atom. The first-order valence-corrected chi connectivity index (χ1v) is 9.10. The van der Waals surface area contributed by atoms with E-state index < -0.39 is 9.98 Å². The maximum absolute atomic E-state index is 11.2. The number of nitrogens with zero attached hydrogens (tertiary/aromatic N) is 2. The van der Waals surface area contributed by atoms with Gasteiger partial charge in [-0.2, -0.15) is 0 Å². The molecule has 1 atom stereocenters. The molecule has 2 heterocycles. The fourth-order valence-corrected chi connectivity index (χ4v) is 4.91. The number of nitro groups is 1. The second-order valence-corrected chi connectivity index (χ2v) is 7.36. The Balaban J connectivity index is 1.89. The number of hydrogen-bond acceptors (Lipinski definition) is 6. The third-order valence-corrected chi connectivity index (χ3v) is 6.23. The average Bonchev–Trinajstić information content (AvgIpc) is 2.93. The van der Waals surface area contributed by atoms with Crippen LogP contribution in [0.15, 0.2) is 46.9 Å². The normalized spacial score (nSPS) is 20.3. The van der Waals surface area contributed by atoms with Crippen LogP contribution in [-0.2, 0) is 0 Å². The molecule has 0 amide bonds. The molecule has 0 saturated heterocycles. The lowest BCUT2D eigenvalue weighted by atomic mass is 10.0. The summed E-state index contributed by atoms with van der Waals surface area (Å²) >= 11 is 1.64. The monoisotopic (exact) mass is 370 g/mol. The summed E-state index contributed by atoms with van der Waals surface area (Å²) < 4.78 is 11.9. The van der Waals surface area contributed by atoms with Crippen molar-refractivity contribution in [2.45, 2.75) is 23.3 Å². The van der Waals surface area contributed by atoms with E-state index in [9.17, 15) is 10.1 Å². The molecular weight excluding hydrogens is 352 g/mol. The Bertz CT molecular complexity index is 943. The highest BCUT2D eigenvalue weighted by atomic mass is 32.2. The summed E-state index contributed by atoms with van der Waals surface area (Å²) in [7, 11) is 3.50. The zero-order valence-electron chi connectivity index (χ0n) is 14.7. The number of thioether (sulfide) groups is 1. The van der Waals surface area contributed by atoms with Gasteiger partial charge in [-0.1, -0.05) is 19.1 Å². The molecule has 0 radical (unpaired) electrons.